The van der Waals surface area contributed by atoms with E-state index in [4.69, 9.17) is 4.74 Å². The lowest BCUT2D eigenvalue weighted by Crippen LogP contribution is -2.11. The van der Waals surface area contributed by atoms with E-state index in [0.717, 1.165) is 4.88 Å². The Morgan fingerprint density at radius 2 is 2.24 bits per heavy atom. The highest BCUT2D eigenvalue weighted by atomic mass is 32.1. The molecule has 0 bridgehead atoms. The summed E-state index contributed by atoms with van der Waals surface area (Å²) in [4.78, 5) is 13.9. The van der Waals surface area contributed by atoms with Crippen LogP contribution < -0.4 is 10.1 Å². The molecule has 108 valence electrons. The number of nitrogens with zero attached hydrogens (tertiary/aromatic N) is 5. The highest BCUT2D eigenvalue weighted by Crippen LogP contribution is 2.14. The second-order valence-electron chi connectivity index (χ2n) is 4.09. The molecule has 0 aliphatic heterocycles. The fourth-order valence-corrected chi connectivity index (χ4v) is 2.28. The van der Waals surface area contributed by atoms with Crippen molar-refractivity contribution in [2.75, 3.05) is 11.9 Å². The lowest BCUT2D eigenvalue weighted by Gasteiger charge is -2.08. The van der Waals surface area contributed by atoms with Crippen LogP contribution in [0.3, 0.4) is 0 Å². The van der Waals surface area contributed by atoms with E-state index in [1.807, 2.05) is 30.5 Å². The van der Waals surface area contributed by atoms with Crippen molar-refractivity contribution >= 4 is 17.3 Å². The van der Waals surface area contributed by atoms with Gasteiger partial charge in [-0.3, -0.25) is 0 Å². The van der Waals surface area contributed by atoms with E-state index in [1.54, 1.807) is 28.4 Å². The van der Waals surface area contributed by atoms with Gasteiger partial charge in [0.15, 0.2) is 0 Å². The van der Waals surface area contributed by atoms with Gasteiger partial charge in [-0.05, 0) is 24.4 Å². The zero-order valence-electron chi connectivity index (χ0n) is 11.4. The second kappa shape index (κ2) is 6.31. The number of anilines is 1. The molecule has 0 radical (unpaired) electrons. The van der Waals surface area contributed by atoms with Crippen molar-refractivity contribution in [3.05, 3.63) is 40.8 Å². The van der Waals surface area contributed by atoms with Gasteiger partial charge in [0.05, 0.1) is 0 Å². The van der Waals surface area contributed by atoms with E-state index in [2.05, 4.69) is 25.4 Å². The van der Waals surface area contributed by atoms with Crippen LogP contribution in [0.4, 0.5) is 5.95 Å². The fourth-order valence-electron chi connectivity index (χ4n) is 1.67. The van der Waals surface area contributed by atoms with Crippen molar-refractivity contribution in [3.63, 3.8) is 0 Å². The third-order valence-electron chi connectivity index (χ3n) is 2.57. The number of ether oxygens (including phenoxy) is 1. The van der Waals surface area contributed by atoms with Crippen molar-refractivity contribution in [1.29, 1.82) is 0 Å². The summed E-state index contributed by atoms with van der Waals surface area (Å²) in [6.07, 6.45) is 3.44. The molecule has 3 rings (SSSR count). The summed E-state index contributed by atoms with van der Waals surface area (Å²) in [7, 11) is 0. The van der Waals surface area contributed by atoms with E-state index in [1.165, 1.54) is 0 Å². The molecular formula is C13H14N6OS. The molecule has 0 unspecified atom stereocenters. The molecule has 3 aromatic rings. The minimum absolute atomic E-state index is 0.278. The molecule has 0 amide bonds. The van der Waals surface area contributed by atoms with Crippen LogP contribution in [0.2, 0.25) is 0 Å². The molecule has 0 saturated carbocycles. The molecule has 0 atom stereocenters. The van der Waals surface area contributed by atoms with E-state index < -0.39 is 0 Å². The Kier molecular flexibility index (Phi) is 4.06. The normalized spacial score (nSPS) is 10.5. The molecule has 1 N–H and O–H groups in total. The first-order chi connectivity index (χ1) is 10.3. The summed E-state index contributed by atoms with van der Waals surface area (Å²) in [5, 5.41) is 9.19. The first-order valence-corrected chi connectivity index (χ1v) is 7.38. The van der Waals surface area contributed by atoms with Crippen molar-refractivity contribution in [2.24, 2.45) is 0 Å². The number of aromatic nitrogens is 5. The molecular weight excluding hydrogens is 288 g/mol. The Hall–Kier alpha value is -2.48. The van der Waals surface area contributed by atoms with Crippen LogP contribution in [0.15, 0.2) is 36.0 Å². The van der Waals surface area contributed by atoms with Gasteiger partial charge in [-0.2, -0.15) is 20.1 Å². The largest absolute Gasteiger partial charge is 0.458 e. The quantitative estimate of drug-likeness (QED) is 0.751. The molecule has 8 heteroatoms. The summed E-state index contributed by atoms with van der Waals surface area (Å²) in [5.74, 6) is 0.895. The standard InChI is InChI=1S/C13H14N6OS/c1-2-14-11-16-12(19-7-4-6-15-19)18-13(17-11)20-9-10-5-3-8-21-10/h3-8H,2,9H2,1H3,(H,14,16,17,18). The van der Waals surface area contributed by atoms with Crippen LogP contribution in [-0.4, -0.2) is 31.3 Å². The van der Waals surface area contributed by atoms with Crippen LogP contribution in [0, 0.1) is 0 Å². The number of hydrogen-bond donors (Lipinski definition) is 1. The third kappa shape index (κ3) is 3.34. The van der Waals surface area contributed by atoms with E-state index in [-0.39, 0.29) is 6.01 Å². The minimum atomic E-state index is 0.278. The smallest absolute Gasteiger partial charge is 0.323 e. The number of nitrogens with one attached hydrogen (secondary N) is 1. The topological polar surface area (TPSA) is 77.8 Å². The average Bonchev–Trinajstić information content (AvgIpc) is 3.19. The summed E-state index contributed by atoms with van der Waals surface area (Å²) < 4.78 is 7.21. The number of hydrogen-bond acceptors (Lipinski definition) is 7. The fraction of sp³-hybridized carbons (Fsp3) is 0.231. The van der Waals surface area contributed by atoms with Gasteiger partial charge in [-0.25, -0.2) is 4.68 Å². The van der Waals surface area contributed by atoms with Crippen LogP contribution in [-0.2, 0) is 6.61 Å². The summed E-state index contributed by atoms with van der Waals surface area (Å²) in [6, 6.07) is 6.07. The van der Waals surface area contributed by atoms with Crippen molar-refractivity contribution in [2.45, 2.75) is 13.5 Å². The molecule has 3 aromatic heterocycles. The van der Waals surface area contributed by atoms with Crippen molar-refractivity contribution in [1.82, 2.24) is 24.7 Å². The Labute approximate surface area is 125 Å². The summed E-state index contributed by atoms with van der Waals surface area (Å²) >= 11 is 1.63. The second-order valence-corrected chi connectivity index (χ2v) is 5.12. The lowest BCUT2D eigenvalue weighted by molar-refractivity contribution is 0.283. The monoisotopic (exact) mass is 302 g/mol. The predicted molar refractivity (Wildman–Crippen MR) is 79.8 cm³/mol. The third-order valence-corrected chi connectivity index (χ3v) is 3.42. The van der Waals surface area contributed by atoms with Crippen LogP contribution in [0.25, 0.3) is 5.95 Å². The van der Waals surface area contributed by atoms with Gasteiger partial charge in [-0.15, -0.1) is 11.3 Å². The summed E-state index contributed by atoms with van der Waals surface area (Å²) in [6.45, 7) is 3.13. The maximum atomic E-state index is 5.64. The molecule has 0 saturated heterocycles. The van der Waals surface area contributed by atoms with E-state index >= 15 is 0 Å². The Morgan fingerprint density at radius 1 is 1.29 bits per heavy atom. The van der Waals surface area contributed by atoms with Crippen LogP contribution in [0.1, 0.15) is 11.8 Å². The Balaban J connectivity index is 1.84. The number of thiophene rings is 1. The van der Waals surface area contributed by atoms with Crippen molar-refractivity contribution < 1.29 is 4.74 Å². The molecule has 0 aliphatic carbocycles. The van der Waals surface area contributed by atoms with Gasteiger partial charge in [0, 0.05) is 23.8 Å². The van der Waals surface area contributed by atoms with Gasteiger partial charge >= 0.3 is 6.01 Å². The predicted octanol–water partition coefficient (Wildman–Crippen LogP) is 2.13. The van der Waals surface area contributed by atoms with Gasteiger partial charge in [-0.1, -0.05) is 6.07 Å². The van der Waals surface area contributed by atoms with Crippen LogP contribution in [0.5, 0.6) is 6.01 Å². The van der Waals surface area contributed by atoms with E-state index in [0.29, 0.717) is 25.0 Å². The van der Waals surface area contributed by atoms with Gasteiger partial charge in [0.1, 0.15) is 6.61 Å². The summed E-state index contributed by atoms with van der Waals surface area (Å²) in [5.41, 5.74) is 0. The molecule has 7 nitrogen and oxygen atoms in total. The first-order valence-electron chi connectivity index (χ1n) is 6.50. The van der Waals surface area contributed by atoms with Crippen LogP contribution >= 0.6 is 11.3 Å². The first kappa shape index (κ1) is 13.5. The highest BCUT2D eigenvalue weighted by molar-refractivity contribution is 7.09. The lowest BCUT2D eigenvalue weighted by atomic mass is 10.5. The molecule has 0 spiro atoms. The molecule has 0 aliphatic rings. The highest BCUT2D eigenvalue weighted by Gasteiger charge is 2.09. The maximum Gasteiger partial charge on any atom is 0.323 e. The Bertz CT molecular complexity index is 683. The average molecular weight is 302 g/mol. The minimum Gasteiger partial charge on any atom is -0.458 e. The molecule has 0 aromatic carbocycles. The van der Waals surface area contributed by atoms with E-state index in [9.17, 15) is 0 Å². The molecule has 3 heterocycles. The SMILES string of the molecule is CCNc1nc(OCc2cccs2)nc(-n2cccn2)n1. The number of rotatable bonds is 6. The molecule has 0 fully saturated rings. The van der Waals surface area contributed by atoms with Crippen molar-refractivity contribution in [3.8, 4) is 12.0 Å². The molecule has 21 heavy (non-hydrogen) atoms. The van der Waals surface area contributed by atoms with Gasteiger partial charge in [0.2, 0.25) is 5.95 Å². The van der Waals surface area contributed by atoms with Gasteiger partial charge in [0.25, 0.3) is 5.95 Å². The zero-order valence-corrected chi connectivity index (χ0v) is 12.2. The zero-order chi connectivity index (χ0) is 14.5. The maximum absolute atomic E-state index is 5.64. The Morgan fingerprint density at radius 3 is 2.95 bits per heavy atom. The van der Waals surface area contributed by atoms with Gasteiger partial charge < -0.3 is 10.1 Å².